The largest absolute Gasteiger partial charge is 0.508 e. The highest BCUT2D eigenvalue weighted by molar-refractivity contribution is 6.01. The zero-order chi connectivity index (χ0) is 29.0. The Kier molecular flexibility index (Phi) is 6.87. The smallest absolute Gasteiger partial charge is 0.319 e. The maximum Gasteiger partial charge on any atom is 0.319 e. The summed E-state index contributed by atoms with van der Waals surface area (Å²) < 4.78 is 38.8. The summed E-state index contributed by atoms with van der Waals surface area (Å²) in [5, 5.41) is 25.1. The van der Waals surface area contributed by atoms with Gasteiger partial charge in [0.2, 0.25) is 0 Å². The first-order valence-electron chi connectivity index (χ1n) is 14.7. The van der Waals surface area contributed by atoms with Gasteiger partial charge >= 0.3 is 6.01 Å². The van der Waals surface area contributed by atoms with E-state index in [1.165, 1.54) is 12.1 Å². The van der Waals surface area contributed by atoms with Gasteiger partial charge in [-0.15, -0.1) is 0 Å². The maximum absolute atomic E-state index is 16.6. The Morgan fingerprint density at radius 3 is 2.81 bits per heavy atom. The van der Waals surface area contributed by atoms with Crippen molar-refractivity contribution < 1.29 is 23.7 Å². The molecule has 3 fully saturated rings. The van der Waals surface area contributed by atoms with Crippen molar-refractivity contribution in [3.05, 3.63) is 54.1 Å². The lowest BCUT2D eigenvalue weighted by Gasteiger charge is -2.40. The van der Waals surface area contributed by atoms with E-state index in [0.717, 1.165) is 32.2 Å². The second-order valence-corrected chi connectivity index (χ2v) is 12.2. The zero-order valence-electron chi connectivity index (χ0n) is 23.6. The second-order valence-electron chi connectivity index (χ2n) is 12.2. The number of fused-ring (bicyclic) bond motifs is 4. The third kappa shape index (κ3) is 4.81. The molecule has 0 radical (unpaired) electrons. The fourth-order valence-electron chi connectivity index (χ4n) is 7.20. The molecule has 3 aromatic carbocycles. The topological polar surface area (TPSA) is 94.0 Å². The highest BCUT2D eigenvalue weighted by Crippen LogP contribution is 2.41. The molecule has 0 amide bonds. The number of piperazine rings is 1. The van der Waals surface area contributed by atoms with Crippen molar-refractivity contribution in [2.45, 2.75) is 50.2 Å². The fraction of sp³-hybridized carbons (Fsp3) is 0.438. The minimum Gasteiger partial charge on any atom is -0.508 e. The molecule has 42 heavy (non-hydrogen) atoms. The van der Waals surface area contributed by atoms with E-state index in [-0.39, 0.29) is 52.6 Å². The molecular formula is C32H35F2N5O3. The summed E-state index contributed by atoms with van der Waals surface area (Å²) in [7, 11) is 0. The van der Waals surface area contributed by atoms with Crippen molar-refractivity contribution in [1.82, 2.24) is 20.2 Å². The number of aromatic nitrogens is 2. The molecule has 4 aromatic rings. The summed E-state index contributed by atoms with van der Waals surface area (Å²) in [4.78, 5) is 13.5. The molecule has 10 heteroatoms. The number of likely N-dealkylation sites (tertiary alicyclic amines) is 1. The quantitative estimate of drug-likeness (QED) is 0.295. The molecule has 3 aliphatic rings. The average molecular weight is 576 g/mol. The van der Waals surface area contributed by atoms with Crippen molar-refractivity contribution in [2.75, 3.05) is 44.3 Å². The minimum absolute atomic E-state index is 0.0199. The van der Waals surface area contributed by atoms with E-state index >= 15 is 8.78 Å². The van der Waals surface area contributed by atoms with E-state index in [2.05, 4.69) is 27.0 Å². The van der Waals surface area contributed by atoms with Gasteiger partial charge in [-0.1, -0.05) is 24.3 Å². The van der Waals surface area contributed by atoms with Gasteiger partial charge in [-0.2, -0.15) is 9.97 Å². The van der Waals surface area contributed by atoms with Gasteiger partial charge in [-0.05, 0) is 73.7 Å². The number of phenols is 1. The fourth-order valence-corrected chi connectivity index (χ4v) is 7.20. The van der Waals surface area contributed by atoms with Crippen LogP contribution < -0.4 is 15.0 Å². The highest BCUT2D eigenvalue weighted by Gasteiger charge is 2.42. The normalized spacial score (nSPS) is 24.2. The van der Waals surface area contributed by atoms with Gasteiger partial charge in [0.25, 0.3) is 0 Å². The van der Waals surface area contributed by atoms with Crippen LogP contribution in [0.3, 0.4) is 0 Å². The third-order valence-corrected chi connectivity index (χ3v) is 9.13. The number of hydrogen-bond acceptors (Lipinski definition) is 8. The number of nitrogens with zero attached hydrogens (tertiary/aromatic N) is 4. The number of hydrogen-bond donors (Lipinski definition) is 3. The van der Waals surface area contributed by atoms with Crippen LogP contribution in [-0.2, 0) is 0 Å². The number of β-amino-alcohol motifs (C(OH)–C–C–N with tert-alkyl or cyclic N) is 1. The van der Waals surface area contributed by atoms with Crippen LogP contribution in [0.5, 0.6) is 11.8 Å². The van der Waals surface area contributed by atoms with E-state index in [0.29, 0.717) is 48.2 Å². The van der Waals surface area contributed by atoms with Gasteiger partial charge in [0.1, 0.15) is 29.5 Å². The number of anilines is 1. The molecule has 7 rings (SSSR count). The maximum atomic E-state index is 16.6. The van der Waals surface area contributed by atoms with Crippen LogP contribution in [0.2, 0.25) is 0 Å². The number of aromatic hydroxyl groups is 1. The van der Waals surface area contributed by atoms with Crippen molar-refractivity contribution >= 4 is 27.5 Å². The van der Waals surface area contributed by atoms with E-state index < -0.39 is 11.6 Å². The number of benzene rings is 3. The Labute approximate surface area is 242 Å². The molecular weight excluding hydrogens is 540 g/mol. The minimum atomic E-state index is -0.818. The van der Waals surface area contributed by atoms with Gasteiger partial charge in [-0.3, -0.25) is 4.90 Å². The summed E-state index contributed by atoms with van der Waals surface area (Å²) >= 11 is 0. The molecule has 1 aromatic heterocycles. The summed E-state index contributed by atoms with van der Waals surface area (Å²) in [5.74, 6) is -1.19. The lowest BCUT2D eigenvalue weighted by molar-refractivity contribution is 0.139. The monoisotopic (exact) mass is 575 g/mol. The van der Waals surface area contributed by atoms with Crippen molar-refractivity contribution in [3.63, 3.8) is 0 Å². The number of ether oxygens (including phenoxy) is 1. The molecule has 3 aliphatic heterocycles. The SMILES string of the molecule is C[C@]12CCC(CN(c3nc(OC[C@@H]4CCCN4CCO)nc4c(F)c(-c5cc(O)cc6ccccc56)c(F)cc34)C1)N2. The average Bonchev–Trinajstić information content (AvgIpc) is 3.53. The van der Waals surface area contributed by atoms with Crippen molar-refractivity contribution in [3.8, 4) is 22.9 Å². The van der Waals surface area contributed by atoms with Crippen molar-refractivity contribution in [1.29, 1.82) is 0 Å². The molecule has 2 bridgehead atoms. The number of phenolic OH excluding ortho intramolecular Hbond substituents is 1. The van der Waals surface area contributed by atoms with Crippen molar-refractivity contribution in [2.24, 2.45) is 0 Å². The number of nitrogens with one attached hydrogen (secondary N) is 1. The predicted octanol–water partition coefficient (Wildman–Crippen LogP) is 4.60. The molecule has 0 spiro atoms. The first-order valence-corrected chi connectivity index (χ1v) is 14.7. The lowest BCUT2D eigenvalue weighted by atomic mass is 9.95. The van der Waals surface area contributed by atoms with Gasteiger partial charge in [0, 0.05) is 42.6 Å². The lowest BCUT2D eigenvalue weighted by Crippen LogP contribution is -2.58. The first kappa shape index (κ1) is 27.2. The molecule has 220 valence electrons. The Morgan fingerprint density at radius 1 is 1.12 bits per heavy atom. The van der Waals surface area contributed by atoms with Crippen LogP contribution >= 0.6 is 0 Å². The Hall–Kier alpha value is -3.60. The molecule has 3 saturated heterocycles. The van der Waals surface area contributed by atoms with E-state index in [1.54, 1.807) is 24.3 Å². The van der Waals surface area contributed by atoms with Gasteiger partial charge in [-0.25, -0.2) is 8.78 Å². The van der Waals surface area contributed by atoms with Crippen LogP contribution in [0, 0.1) is 11.6 Å². The second kappa shape index (κ2) is 10.6. The van der Waals surface area contributed by atoms with E-state index in [1.807, 2.05) is 6.07 Å². The molecule has 8 nitrogen and oxygen atoms in total. The molecule has 0 aliphatic carbocycles. The van der Waals surface area contributed by atoms with E-state index in [4.69, 9.17) is 9.72 Å². The number of aliphatic hydroxyl groups is 1. The van der Waals surface area contributed by atoms with Crippen LogP contribution in [0.15, 0.2) is 42.5 Å². The summed E-state index contributed by atoms with van der Waals surface area (Å²) in [6, 6.07) is 11.9. The number of halogens is 2. The molecule has 4 heterocycles. The molecule has 1 unspecified atom stereocenters. The Balaban J connectivity index is 1.36. The summed E-state index contributed by atoms with van der Waals surface area (Å²) in [6.45, 7) is 5.30. The van der Waals surface area contributed by atoms with Gasteiger partial charge < -0.3 is 25.2 Å². The summed E-state index contributed by atoms with van der Waals surface area (Å²) in [6.07, 6.45) is 3.97. The summed E-state index contributed by atoms with van der Waals surface area (Å²) in [5.41, 5.74) is -0.132. The number of rotatable bonds is 7. The molecule has 0 saturated carbocycles. The van der Waals surface area contributed by atoms with Crippen LogP contribution in [-0.4, -0.2) is 82.1 Å². The van der Waals surface area contributed by atoms with Gasteiger partial charge in [0.15, 0.2) is 5.82 Å². The highest BCUT2D eigenvalue weighted by atomic mass is 19.1. The van der Waals surface area contributed by atoms with Crippen LogP contribution in [0.4, 0.5) is 14.6 Å². The third-order valence-electron chi connectivity index (χ3n) is 9.13. The Bertz CT molecular complexity index is 1670. The van der Waals surface area contributed by atoms with E-state index in [9.17, 15) is 10.2 Å². The first-order chi connectivity index (χ1) is 20.3. The van der Waals surface area contributed by atoms with Crippen LogP contribution in [0.1, 0.15) is 32.6 Å². The Morgan fingerprint density at radius 2 is 1.98 bits per heavy atom. The van der Waals surface area contributed by atoms with Gasteiger partial charge in [0.05, 0.1) is 12.2 Å². The molecule has 3 atom stereocenters. The zero-order valence-corrected chi connectivity index (χ0v) is 23.6. The standard InChI is InChI=1S/C32H35F2N5O3/c1-32-9-8-20(37-32)16-39(18-32)30-25-15-26(33)27(24-14-22(41)13-19-5-2-3-7-23(19)24)28(34)29(25)35-31(36-30)42-17-21-6-4-10-38(21)11-12-40/h2-3,5,7,13-15,20-21,37,40-41H,4,6,8-12,16-18H2,1H3/t20?,21-,32-/m0/s1. The van der Waals surface area contributed by atoms with Crippen LogP contribution in [0.25, 0.3) is 32.8 Å². The number of aliphatic hydroxyl groups excluding tert-OH is 1. The predicted molar refractivity (Wildman–Crippen MR) is 158 cm³/mol. The molecule has 3 N–H and O–H groups in total.